The molecule has 0 radical (unpaired) electrons. The number of nitrogens with zero attached hydrogens (tertiary/aromatic N) is 2. The van der Waals surface area contributed by atoms with Crippen LogP contribution in [0.1, 0.15) is 5.56 Å². The van der Waals surface area contributed by atoms with E-state index >= 15 is 0 Å². The maximum absolute atomic E-state index is 12.5. The molecule has 1 fully saturated rings. The Morgan fingerprint density at radius 2 is 2.25 bits per heavy atom. The Balaban J connectivity index is 2.23. The zero-order chi connectivity index (χ0) is 14.9. The standard InChI is InChI=1S/C11H10ClF3N2O3/c12-7-3-6(11(13,14)15)4-16-9(7)17-1-2-20-8(5-17)10(18)19/h3-4,8H,1-2,5H2,(H,18,19). The van der Waals surface area contributed by atoms with Gasteiger partial charge < -0.3 is 14.7 Å². The molecule has 0 amide bonds. The minimum absolute atomic E-state index is 0.0204. The highest BCUT2D eigenvalue weighted by Crippen LogP contribution is 2.33. The molecule has 1 aliphatic rings. The van der Waals surface area contributed by atoms with Crippen LogP contribution in [0.4, 0.5) is 19.0 Å². The Morgan fingerprint density at radius 1 is 1.55 bits per heavy atom. The van der Waals surface area contributed by atoms with E-state index in [9.17, 15) is 18.0 Å². The summed E-state index contributed by atoms with van der Waals surface area (Å²) in [6.45, 7) is 0.422. The number of carboxylic acid groups (broad SMARTS) is 1. The van der Waals surface area contributed by atoms with Crippen LogP contribution in [-0.2, 0) is 15.7 Å². The van der Waals surface area contributed by atoms with Crippen molar-refractivity contribution in [3.63, 3.8) is 0 Å². The molecule has 1 aromatic heterocycles. The quantitative estimate of drug-likeness (QED) is 0.906. The molecule has 20 heavy (non-hydrogen) atoms. The van der Waals surface area contributed by atoms with Gasteiger partial charge in [-0.1, -0.05) is 11.6 Å². The number of carbonyl (C=O) groups is 1. The van der Waals surface area contributed by atoms with Crippen molar-refractivity contribution in [3.05, 3.63) is 22.8 Å². The van der Waals surface area contributed by atoms with Crippen LogP contribution in [-0.4, -0.2) is 41.9 Å². The van der Waals surface area contributed by atoms with Crippen LogP contribution >= 0.6 is 11.6 Å². The van der Waals surface area contributed by atoms with Gasteiger partial charge in [0.05, 0.1) is 23.7 Å². The fraction of sp³-hybridized carbons (Fsp3) is 0.455. The molecule has 0 saturated carbocycles. The first-order chi connectivity index (χ1) is 9.29. The molecule has 2 heterocycles. The van der Waals surface area contributed by atoms with Gasteiger partial charge in [-0.05, 0) is 6.07 Å². The number of rotatable bonds is 2. The third kappa shape index (κ3) is 3.13. The van der Waals surface area contributed by atoms with Gasteiger partial charge in [-0.2, -0.15) is 13.2 Å². The summed E-state index contributed by atoms with van der Waals surface area (Å²) in [5.74, 6) is -1.02. The smallest absolute Gasteiger partial charge is 0.417 e. The third-order valence-corrected chi connectivity index (χ3v) is 3.07. The van der Waals surface area contributed by atoms with Crippen LogP contribution in [0.5, 0.6) is 0 Å². The maximum Gasteiger partial charge on any atom is 0.417 e. The van der Waals surface area contributed by atoms with Crippen molar-refractivity contribution in [2.24, 2.45) is 0 Å². The van der Waals surface area contributed by atoms with Gasteiger partial charge in [-0.3, -0.25) is 0 Å². The number of carboxylic acids is 1. The van der Waals surface area contributed by atoms with Crippen molar-refractivity contribution in [2.75, 3.05) is 24.6 Å². The van der Waals surface area contributed by atoms with E-state index in [0.717, 1.165) is 6.07 Å². The number of alkyl halides is 3. The molecule has 1 N–H and O–H groups in total. The lowest BCUT2D eigenvalue weighted by molar-refractivity contribution is -0.150. The number of ether oxygens (including phenoxy) is 1. The Hall–Kier alpha value is -1.54. The monoisotopic (exact) mass is 310 g/mol. The Bertz CT molecular complexity index is 524. The van der Waals surface area contributed by atoms with Gasteiger partial charge in [0.15, 0.2) is 6.10 Å². The first kappa shape index (κ1) is 14.9. The van der Waals surface area contributed by atoms with Crippen molar-refractivity contribution < 1.29 is 27.8 Å². The first-order valence-electron chi connectivity index (χ1n) is 5.61. The van der Waals surface area contributed by atoms with Gasteiger partial charge in [0.1, 0.15) is 5.82 Å². The fourth-order valence-corrected chi connectivity index (χ4v) is 2.10. The van der Waals surface area contributed by atoms with Gasteiger partial charge >= 0.3 is 12.1 Å². The summed E-state index contributed by atoms with van der Waals surface area (Å²) >= 11 is 5.80. The molecule has 110 valence electrons. The highest BCUT2D eigenvalue weighted by atomic mass is 35.5. The number of aliphatic carboxylic acids is 1. The van der Waals surface area contributed by atoms with Crippen LogP contribution in [0.3, 0.4) is 0 Å². The van der Waals surface area contributed by atoms with Gasteiger partial charge in [-0.15, -0.1) is 0 Å². The Labute approximate surface area is 116 Å². The maximum atomic E-state index is 12.5. The summed E-state index contributed by atoms with van der Waals surface area (Å²) in [5, 5.41) is 8.69. The lowest BCUT2D eigenvalue weighted by Crippen LogP contribution is -2.46. The lowest BCUT2D eigenvalue weighted by atomic mass is 10.2. The third-order valence-electron chi connectivity index (χ3n) is 2.79. The summed E-state index contributed by atoms with van der Waals surface area (Å²) in [5.41, 5.74) is -0.950. The topological polar surface area (TPSA) is 62.7 Å². The molecule has 5 nitrogen and oxygen atoms in total. The van der Waals surface area contributed by atoms with E-state index in [1.54, 1.807) is 0 Å². The number of aromatic nitrogens is 1. The van der Waals surface area contributed by atoms with E-state index in [1.807, 2.05) is 0 Å². The van der Waals surface area contributed by atoms with Crippen molar-refractivity contribution in [1.82, 2.24) is 4.98 Å². The normalized spacial score (nSPS) is 20.0. The molecule has 1 unspecified atom stereocenters. The van der Waals surface area contributed by atoms with E-state index < -0.39 is 23.8 Å². The summed E-state index contributed by atoms with van der Waals surface area (Å²) in [6.07, 6.45) is -4.90. The molecule has 0 spiro atoms. The number of anilines is 1. The van der Waals surface area contributed by atoms with Crippen LogP contribution in [0.25, 0.3) is 0 Å². The van der Waals surface area contributed by atoms with Crippen LogP contribution in [0.2, 0.25) is 5.02 Å². The molecule has 9 heteroatoms. The highest BCUT2D eigenvalue weighted by molar-refractivity contribution is 6.33. The predicted octanol–water partition coefficient (Wildman–Crippen LogP) is 2.04. The zero-order valence-electron chi connectivity index (χ0n) is 10.0. The minimum atomic E-state index is -4.52. The average Bonchev–Trinajstić information content (AvgIpc) is 2.37. The highest BCUT2D eigenvalue weighted by Gasteiger charge is 2.33. The molecule has 1 atom stereocenters. The molecule has 1 aliphatic heterocycles. The molecular formula is C11H10ClF3N2O3. The molecule has 0 aliphatic carbocycles. The Morgan fingerprint density at radius 3 is 2.80 bits per heavy atom. The van der Waals surface area contributed by atoms with E-state index in [0.29, 0.717) is 12.7 Å². The SMILES string of the molecule is O=C(O)C1CN(c2ncc(C(F)(F)F)cc2Cl)CCO1. The summed E-state index contributed by atoms with van der Waals surface area (Å²) in [7, 11) is 0. The number of halogens is 4. The predicted molar refractivity (Wildman–Crippen MR) is 63.8 cm³/mol. The second-order valence-electron chi connectivity index (χ2n) is 4.17. The molecule has 0 bridgehead atoms. The molecule has 1 aromatic rings. The zero-order valence-corrected chi connectivity index (χ0v) is 10.8. The molecule has 2 rings (SSSR count). The van der Waals surface area contributed by atoms with Crippen LogP contribution in [0, 0.1) is 0 Å². The van der Waals surface area contributed by atoms with Gasteiger partial charge in [0.25, 0.3) is 0 Å². The molecule has 0 aromatic carbocycles. The van der Waals surface area contributed by atoms with Crippen molar-refractivity contribution in [1.29, 1.82) is 0 Å². The second kappa shape index (κ2) is 5.45. The van der Waals surface area contributed by atoms with Crippen molar-refractivity contribution >= 4 is 23.4 Å². The minimum Gasteiger partial charge on any atom is -0.479 e. The molecule has 1 saturated heterocycles. The number of pyridine rings is 1. The number of hydrogen-bond acceptors (Lipinski definition) is 4. The van der Waals surface area contributed by atoms with Gasteiger partial charge in [0.2, 0.25) is 0 Å². The lowest BCUT2D eigenvalue weighted by Gasteiger charge is -2.32. The molecular weight excluding hydrogens is 301 g/mol. The van der Waals surface area contributed by atoms with E-state index in [-0.39, 0.29) is 24.0 Å². The number of hydrogen-bond donors (Lipinski definition) is 1. The van der Waals surface area contributed by atoms with Crippen LogP contribution < -0.4 is 4.90 Å². The van der Waals surface area contributed by atoms with Crippen molar-refractivity contribution in [2.45, 2.75) is 12.3 Å². The van der Waals surface area contributed by atoms with E-state index in [4.69, 9.17) is 21.4 Å². The van der Waals surface area contributed by atoms with Gasteiger partial charge in [0, 0.05) is 12.7 Å². The first-order valence-corrected chi connectivity index (χ1v) is 5.99. The second-order valence-corrected chi connectivity index (χ2v) is 4.58. The number of morpholine rings is 1. The van der Waals surface area contributed by atoms with E-state index in [1.165, 1.54) is 4.90 Å². The summed E-state index contributed by atoms with van der Waals surface area (Å²) in [6, 6.07) is 0.773. The largest absolute Gasteiger partial charge is 0.479 e. The van der Waals surface area contributed by atoms with Gasteiger partial charge in [-0.25, -0.2) is 9.78 Å². The Kier molecular flexibility index (Phi) is 4.05. The average molecular weight is 311 g/mol. The fourth-order valence-electron chi connectivity index (χ4n) is 1.81. The van der Waals surface area contributed by atoms with Crippen molar-refractivity contribution in [3.8, 4) is 0 Å². The van der Waals surface area contributed by atoms with Crippen LogP contribution in [0.15, 0.2) is 12.3 Å². The van der Waals surface area contributed by atoms with E-state index in [2.05, 4.69) is 4.98 Å². The summed E-state index contributed by atoms with van der Waals surface area (Å²) < 4.78 is 42.5. The summed E-state index contributed by atoms with van der Waals surface area (Å²) in [4.78, 5) is 16.0.